The van der Waals surface area contributed by atoms with Gasteiger partial charge in [0.15, 0.2) is 0 Å². The van der Waals surface area contributed by atoms with Gasteiger partial charge in [-0.15, -0.1) is 0 Å². The van der Waals surface area contributed by atoms with E-state index in [1.165, 1.54) is 0 Å². The normalized spacial score (nSPS) is 17.4. The van der Waals surface area contributed by atoms with E-state index in [9.17, 15) is 9.59 Å². The number of likely N-dealkylation sites (tertiary alicyclic amines) is 1. The van der Waals surface area contributed by atoms with Crippen LogP contribution in [-0.4, -0.2) is 41.6 Å². The van der Waals surface area contributed by atoms with Crippen LogP contribution in [0.25, 0.3) is 0 Å². The van der Waals surface area contributed by atoms with E-state index in [1.807, 2.05) is 0 Å². The average Bonchev–Trinajstić information content (AvgIpc) is 1.96. The van der Waals surface area contributed by atoms with Gasteiger partial charge in [-0.1, -0.05) is 0 Å². The number of carbonyl (C=O) groups is 2. The van der Waals surface area contributed by atoms with Crippen LogP contribution in [0.3, 0.4) is 0 Å². The fourth-order valence-electron chi connectivity index (χ4n) is 1.36. The van der Waals surface area contributed by atoms with Crippen LogP contribution in [0.15, 0.2) is 0 Å². The van der Waals surface area contributed by atoms with E-state index < -0.39 is 17.7 Å². The van der Waals surface area contributed by atoms with Crippen molar-refractivity contribution in [2.75, 3.05) is 13.1 Å². The Bertz CT molecular complexity index is 279. The molecule has 0 bridgehead atoms. The molecule has 0 aliphatic carbocycles. The molecule has 0 aromatic carbocycles. The van der Waals surface area contributed by atoms with E-state index >= 15 is 0 Å². The Kier molecular flexibility index (Phi) is 3.78. The zero-order valence-electron chi connectivity index (χ0n) is 10.4. The highest BCUT2D eigenvalue weighted by Crippen LogP contribution is 2.09. The van der Waals surface area contributed by atoms with E-state index in [0.717, 1.165) is 19.5 Å². The van der Waals surface area contributed by atoms with E-state index in [1.54, 1.807) is 32.6 Å². The maximum absolute atomic E-state index is 11.7. The molecule has 0 unspecified atom stereocenters. The van der Waals surface area contributed by atoms with Gasteiger partial charge in [-0.05, 0) is 34.1 Å². The summed E-state index contributed by atoms with van der Waals surface area (Å²) >= 11 is 0. The quantitative estimate of drug-likeness (QED) is 0.770. The minimum Gasteiger partial charge on any atom is -0.444 e. The van der Waals surface area contributed by atoms with E-state index in [-0.39, 0.29) is 5.91 Å². The Morgan fingerprint density at radius 1 is 1.31 bits per heavy atom. The van der Waals surface area contributed by atoms with Crippen molar-refractivity contribution in [2.24, 2.45) is 0 Å². The lowest BCUT2D eigenvalue weighted by Crippen LogP contribution is -2.52. The molecule has 5 heteroatoms. The molecular formula is C11H20N2O3. The summed E-state index contributed by atoms with van der Waals surface area (Å²) in [6, 6.07) is -0.518. The van der Waals surface area contributed by atoms with Gasteiger partial charge >= 0.3 is 6.09 Å². The van der Waals surface area contributed by atoms with Crippen molar-refractivity contribution in [1.29, 1.82) is 0 Å². The highest BCUT2D eigenvalue weighted by atomic mass is 16.6. The summed E-state index contributed by atoms with van der Waals surface area (Å²) in [4.78, 5) is 24.8. The second-order valence-corrected chi connectivity index (χ2v) is 5.05. The number of ether oxygens (including phenoxy) is 1. The van der Waals surface area contributed by atoms with E-state index in [4.69, 9.17) is 4.74 Å². The second-order valence-electron chi connectivity index (χ2n) is 5.05. The molecule has 1 rings (SSSR count). The molecule has 0 aromatic heterocycles. The van der Waals surface area contributed by atoms with Gasteiger partial charge in [0.1, 0.15) is 11.6 Å². The molecule has 16 heavy (non-hydrogen) atoms. The summed E-state index contributed by atoms with van der Waals surface area (Å²) < 4.78 is 5.07. The van der Waals surface area contributed by atoms with Crippen molar-refractivity contribution in [3.63, 3.8) is 0 Å². The van der Waals surface area contributed by atoms with Crippen LogP contribution in [-0.2, 0) is 9.53 Å². The van der Waals surface area contributed by atoms with E-state index in [2.05, 4.69) is 5.32 Å². The highest BCUT2D eigenvalue weighted by molar-refractivity contribution is 5.85. The number of carbonyl (C=O) groups excluding carboxylic acids is 2. The van der Waals surface area contributed by atoms with Gasteiger partial charge in [0.05, 0.1) is 0 Å². The maximum atomic E-state index is 11.7. The molecule has 0 saturated carbocycles. The van der Waals surface area contributed by atoms with Crippen LogP contribution in [0, 0.1) is 0 Å². The fraction of sp³-hybridized carbons (Fsp3) is 0.818. The first-order chi connectivity index (χ1) is 7.29. The fourth-order valence-corrected chi connectivity index (χ4v) is 1.36. The van der Waals surface area contributed by atoms with Crippen LogP contribution in [0.4, 0.5) is 4.79 Å². The number of hydrogen-bond acceptors (Lipinski definition) is 3. The van der Waals surface area contributed by atoms with Gasteiger partial charge < -0.3 is 15.0 Å². The molecule has 2 amide bonds. The molecular weight excluding hydrogens is 208 g/mol. The van der Waals surface area contributed by atoms with E-state index in [0.29, 0.717) is 0 Å². The Hall–Kier alpha value is -1.26. The molecule has 1 aliphatic rings. The molecule has 1 fully saturated rings. The Morgan fingerprint density at radius 2 is 1.88 bits per heavy atom. The third kappa shape index (κ3) is 3.72. The Morgan fingerprint density at radius 3 is 2.25 bits per heavy atom. The molecule has 0 radical (unpaired) electrons. The minimum absolute atomic E-state index is 0.0443. The predicted molar refractivity (Wildman–Crippen MR) is 60.0 cm³/mol. The number of hydrogen-bond donors (Lipinski definition) is 1. The third-order valence-corrected chi connectivity index (χ3v) is 2.27. The Labute approximate surface area is 96.1 Å². The zero-order valence-corrected chi connectivity index (χ0v) is 10.4. The van der Waals surface area contributed by atoms with Crippen molar-refractivity contribution >= 4 is 12.0 Å². The van der Waals surface area contributed by atoms with Crippen molar-refractivity contribution in [1.82, 2.24) is 10.2 Å². The smallest absolute Gasteiger partial charge is 0.408 e. The van der Waals surface area contributed by atoms with Crippen LogP contribution in [0.5, 0.6) is 0 Å². The third-order valence-electron chi connectivity index (χ3n) is 2.27. The second kappa shape index (κ2) is 4.72. The first-order valence-electron chi connectivity index (χ1n) is 5.58. The highest BCUT2D eigenvalue weighted by Gasteiger charge is 2.27. The number of nitrogens with zero attached hydrogens (tertiary/aromatic N) is 1. The number of rotatable bonds is 2. The van der Waals surface area contributed by atoms with Crippen molar-refractivity contribution in [2.45, 2.75) is 45.8 Å². The first-order valence-corrected chi connectivity index (χ1v) is 5.58. The SMILES string of the molecule is C[C@H](NC(=O)OC(C)(C)C)C(=O)N1CCC1. The van der Waals surface area contributed by atoms with Crippen molar-refractivity contribution in [3.05, 3.63) is 0 Å². The molecule has 5 nitrogen and oxygen atoms in total. The van der Waals surface area contributed by atoms with Crippen LogP contribution in [0.1, 0.15) is 34.1 Å². The largest absolute Gasteiger partial charge is 0.444 e. The monoisotopic (exact) mass is 228 g/mol. The standard InChI is InChI=1S/C11H20N2O3/c1-8(9(14)13-6-5-7-13)12-10(15)16-11(2,3)4/h8H,5-7H2,1-4H3,(H,12,15)/t8-/m0/s1. The molecule has 1 heterocycles. The predicted octanol–water partition coefficient (Wildman–Crippen LogP) is 1.13. The van der Waals surface area contributed by atoms with Crippen molar-refractivity contribution < 1.29 is 14.3 Å². The van der Waals surface area contributed by atoms with Gasteiger partial charge in [0.25, 0.3) is 0 Å². The number of amides is 2. The lowest BCUT2D eigenvalue weighted by Gasteiger charge is -2.33. The molecule has 0 spiro atoms. The van der Waals surface area contributed by atoms with Crippen molar-refractivity contribution in [3.8, 4) is 0 Å². The topological polar surface area (TPSA) is 58.6 Å². The van der Waals surface area contributed by atoms with Crippen LogP contribution < -0.4 is 5.32 Å². The number of nitrogens with one attached hydrogen (secondary N) is 1. The zero-order chi connectivity index (χ0) is 12.3. The van der Waals surface area contributed by atoms with Gasteiger partial charge in [-0.3, -0.25) is 4.79 Å². The molecule has 1 saturated heterocycles. The minimum atomic E-state index is -0.547. The van der Waals surface area contributed by atoms with Crippen LogP contribution >= 0.6 is 0 Å². The summed E-state index contributed by atoms with van der Waals surface area (Å²) in [6.07, 6.45) is 0.499. The van der Waals surface area contributed by atoms with Gasteiger partial charge in [-0.2, -0.15) is 0 Å². The summed E-state index contributed by atoms with van der Waals surface area (Å²) in [5, 5.41) is 2.53. The van der Waals surface area contributed by atoms with Gasteiger partial charge in [0, 0.05) is 13.1 Å². The average molecular weight is 228 g/mol. The molecule has 1 aliphatic heterocycles. The molecule has 92 valence electrons. The lowest BCUT2D eigenvalue weighted by atomic mass is 10.2. The van der Waals surface area contributed by atoms with Crippen LogP contribution in [0.2, 0.25) is 0 Å². The maximum Gasteiger partial charge on any atom is 0.408 e. The summed E-state index contributed by atoms with van der Waals surface area (Å²) in [5.74, 6) is -0.0443. The Balaban J connectivity index is 2.35. The number of alkyl carbamates (subject to hydrolysis) is 1. The summed E-state index contributed by atoms with van der Waals surface area (Å²) in [7, 11) is 0. The molecule has 1 atom stereocenters. The lowest BCUT2D eigenvalue weighted by molar-refractivity contribution is -0.136. The van der Waals surface area contributed by atoms with Gasteiger partial charge in [-0.25, -0.2) is 4.79 Å². The molecule has 1 N–H and O–H groups in total. The van der Waals surface area contributed by atoms with Gasteiger partial charge in [0.2, 0.25) is 5.91 Å². The summed E-state index contributed by atoms with van der Waals surface area (Å²) in [6.45, 7) is 8.61. The molecule has 0 aromatic rings. The first kappa shape index (κ1) is 12.8. The summed E-state index contributed by atoms with van der Waals surface area (Å²) in [5.41, 5.74) is -0.538.